The maximum Gasteiger partial charge on any atom is 0.0113 e. The number of hydrogen-bond acceptors (Lipinski definition) is 2. The van der Waals surface area contributed by atoms with Crippen molar-refractivity contribution in [3.05, 3.63) is 0 Å². The highest BCUT2D eigenvalue weighted by molar-refractivity contribution is 4.79. The van der Waals surface area contributed by atoms with Crippen LogP contribution in [0.3, 0.4) is 0 Å². The maximum atomic E-state index is 3.54. The van der Waals surface area contributed by atoms with Crippen LogP contribution in [-0.4, -0.2) is 37.6 Å². The van der Waals surface area contributed by atoms with Gasteiger partial charge in [0.15, 0.2) is 0 Å². The van der Waals surface area contributed by atoms with Gasteiger partial charge in [0.2, 0.25) is 0 Å². The van der Waals surface area contributed by atoms with Gasteiger partial charge in [-0.2, -0.15) is 0 Å². The summed E-state index contributed by atoms with van der Waals surface area (Å²) in [5.41, 5.74) is 0.380. The molecule has 1 fully saturated rings. The highest BCUT2D eigenvalue weighted by Crippen LogP contribution is 2.27. The molecule has 0 spiro atoms. The molecular weight excluding hydrogens is 184 g/mol. The van der Waals surface area contributed by atoms with Crippen molar-refractivity contribution in [2.45, 2.75) is 46.6 Å². The highest BCUT2D eigenvalue weighted by atomic mass is 15.1. The number of hydrogen-bond donors (Lipinski definition) is 1. The van der Waals surface area contributed by atoms with Crippen molar-refractivity contribution in [2.24, 2.45) is 11.3 Å². The lowest BCUT2D eigenvalue weighted by Gasteiger charge is -2.35. The Hall–Kier alpha value is -0.0800. The predicted molar refractivity (Wildman–Crippen MR) is 67.1 cm³/mol. The van der Waals surface area contributed by atoms with E-state index in [9.17, 15) is 0 Å². The Morgan fingerprint density at radius 2 is 1.93 bits per heavy atom. The van der Waals surface area contributed by atoms with Gasteiger partial charge in [0.1, 0.15) is 0 Å². The molecule has 1 aliphatic carbocycles. The summed E-state index contributed by atoms with van der Waals surface area (Å²) in [5.74, 6) is 0.996. The van der Waals surface area contributed by atoms with Crippen molar-refractivity contribution in [3.8, 4) is 0 Å². The van der Waals surface area contributed by atoms with Crippen LogP contribution in [0.1, 0.15) is 40.5 Å². The Morgan fingerprint density at radius 1 is 1.33 bits per heavy atom. The molecule has 1 aliphatic rings. The predicted octanol–water partition coefficient (Wildman–Crippen LogP) is 2.35. The molecule has 1 saturated carbocycles. The fourth-order valence-electron chi connectivity index (χ4n) is 1.74. The topological polar surface area (TPSA) is 15.3 Å². The molecule has 0 aliphatic heterocycles. The van der Waals surface area contributed by atoms with Crippen molar-refractivity contribution in [2.75, 3.05) is 26.7 Å². The van der Waals surface area contributed by atoms with Gasteiger partial charge >= 0.3 is 0 Å². The van der Waals surface area contributed by atoms with E-state index in [1.165, 1.54) is 19.4 Å². The average Bonchev–Trinajstić information content (AvgIpc) is 2.93. The van der Waals surface area contributed by atoms with Crippen LogP contribution in [0.25, 0.3) is 0 Å². The Morgan fingerprint density at radius 3 is 2.40 bits per heavy atom. The van der Waals surface area contributed by atoms with Gasteiger partial charge in [0.25, 0.3) is 0 Å². The monoisotopic (exact) mass is 212 g/mol. The maximum absolute atomic E-state index is 3.54. The second kappa shape index (κ2) is 5.31. The zero-order chi connectivity index (χ0) is 11.5. The van der Waals surface area contributed by atoms with Gasteiger partial charge in [0, 0.05) is 19.1 Å². The highest BCUT2D eigenvalue weighted by Gasteiger charge is 2.24. The van der Waals surface area contributed by atoms with Crippen LogP contribution in [0.15, 0.2) is 0 Å². The number of nitrogens with zero attached hydrogens (tertiary/aromatic N) is 1. The van der Waals surface area contributed by atoms with Crippen LogP contribution in [0, 0.1) is 11.3 Å². The average molecular weight is 212 g/mol. The zero-order valence-corrected chi connectivity index (χ0v) is 11.1. The van der Waals surface area contributed by atoms with E-state index in [1.54, 1.807) is 0 Å². The van der Waals surface area contributed by atoms with Gasteiger partial charge in [-0.3, -0.25) is 0 Å². The lowest BCUT2D eigenvalue weighted by molar-refractivity contribution is 0.142. The lowest BCUT2D eigenvalue weighted by atomic mass is 9.87. The van der Waals surface area contributed by atoms with E-state index in [2.05, 4.69) is 45.0 Å². The quantitative estimate of drug-likeness (QED) is 0.680. The molecular formula is C13H28N2. The summed E-state index contributed by atoms with van der Waals surface area (Å²) >= 11 is 0. The fraction of sp³-hybridized carbons (Fsp3) is 1.00. The first kappa shape index (κ1) is 13.0. The van der Waals surface area contributed by atoms with E-state index in [0.717, 1.165) is 19.0 Å². The molecule has 0 amide bonds. The summed E-state index contributed by atoms with van der Waals surface area (Å²) in [6, 6.07) is 0.639. The second-order valence-corrected chi connectivity index (χ2v) is 6.17. The Bertz CT molecular complexity index is 179. The third-order valence-electron chi connectivity index (χ3n) is 3.69. The van der Waals surface area contributed by atoms with Crippen LogP contribution in [0.5, 0.6) is 0 Å². The van der Waals surface area contributed by atoms with Crippen LogP contribution in [-0.2, 0) is 0 Å². The molecule has 0 heterocycles. The minimum atomic E-state index is 0.380. The largest absolute Gasteiger partial charge is 0.315 e. The number of nitrogens with one attached hydrogen (secondary N) is 1. The molecule has 15 heavy (non-hydrogen) atoms. The molecule has 1 unspecified atom stereocenters. The first-order chi connectivity index (χ1) is 6.91. The van der Waals surface area contributed by atoms with Gasteiger partial charge in [0.05, 0.1) is 0 Å². The molecule has 0 aromatic heterocycles. The SMILES string of the molecule is CC(N(C)CCNCC1CC1)C(C)(C)C. The van der Waals surface area contributed by atoms with E-state index in [-0.39, 0.29) is 0 Å². The van der Waals surface area contributed by atoms with Gasteiger partial charge in [-0.1, -0.05) is 20.8 Å². The fourth-order valence-corrected chi connectivity index (χ4v) is 1.74. The van der Waals surface area contributed by atoms with Crippen molar-refractivity contribution in [3.63, 3.8) is 0 Å². The van der Waals surface area contributed by atoms with Crippen LogP contribution in [0.4, 0.5) is 0 Å². The van der Waals surface area contributed by atoms with Gasteiger partial charge in [-0.15, -0.1) is 0 Å². The van der Waals surface area contributed by atoms with E-state index in [0.29, 0.717) is 11.5 Å². The van der Waals surface area contributed by atoms with E-state index in [4.69, 9.17) is 0 Å². The molecule has 1 atom stereocenters. The lowest BCUT2D eigenvalue weighted by Crippen LogP contribution is -2.42. The van der Waals surface area contributed by atoms with Crippen LogP contribution in [0.2, 0.25) is 0 Å². The first-order valence-electron chi connectivity index (χ1n) is 6.32. The van der Waals surface area contributed by atoms with Crippen LogP contribution >= 0.6 is 0 Å². The Kier molecular flexibility index (Phi) is 4.60. The van der Waals surface area contributed by atoms with Gasteiger partial charge in [-0.05, 0) is 44.7 Å². The molecule has 2 heteroatoms. The molecule has 0 radical (unpaired) electrons. The Balaban J connectivity index is 2.08. The summed E-state index contributed by atoms with van der Waals surface area (Å²) in [6.45, 7) is 12.8. The van der Waals surface area contributed by atoms with E-state index >= 15 is 0 Å². The van der Waals surface area contributed by atoms with Gasteiger partial charge in [-0.25, -0.2) is 0 Å². The molecule has 0 aromatic rings. The molecule has 1 N–H and O–H groups in total. The number of likely N-dealkylation sites (N-methyl/N-ethyl adjacent to an activating group) is 1. The van der Waals surface area contributed by atoms with Crippen LogP contribution < -0.4 is 5.32 Å². The van der Waals surface area contributed by atoms with Gasteiger partial charge < -0.3 is 10.2 Å². The summed E-state index contributed by atoms with van der Waals surface area (Å²) < 4.78 is 0. The minimum Gasteiger partial charge on any atom is -0.315 e. The standard InChI is InChI=1S/C13H28N2/c1-11(13(2,3)4)15(5)9-8-14-10-12-6-7-12/h11-12,14H,6-10H2,1-5H3. The number of rotatable bonds is 6. The molecule has 2 nitrogen and oxygen atoms in total. The van der Waals surface area contributed by atoms with E-state index < -0.39 is 0 Å². The summed E-state index contributed by atoms with van der Waals surface area (Å²) in [5, 5.41) is 3.54. The molecule has 0 bridgehead atoms. The summed E-state index contributed by atoms with van der Waals surface area (Å²) in [4.78, 5) is 2.46. The first-order valence-corrected chi connectivity index (χ1v) is 6.32. The minimum absolute atomic E-state index is 0.380. The molecule has 0 aromatic carbocycles. The van der Waals surface area contributed by atoms with Crippen molar-refractivity contribution >= 4 is 0 Å². The van der Waals surface area contributed by atoms with Crippen molar-refractivity contribution in [1.82, 2.24) is 10.2 Å². The third kappa shape index (κ3) is 4.98. The third-order valence-corrected chi connectivity index (χ3v) is 3.69. The summed E-state index contributed by atoms with van der Waals surface area (Å²) in [6.07, 6.45) is 2.89. The molecule has 0 saturated heterocycles. The molecule has 90 valence electrons. The van der Waals surface area contributed by atoms with Crippen molar-refractivity contribution < 1.29 is 0 Å². The second-order valence-electron chi connectivity index (χ2n) is 6.17. The Labute approximate surface area is 95.4 Å². The smallest absolute Gasteiger partial charge is 0.0113 e. The van der Waals surface area contributed by atoms with E-state index in [1.807, 2.05) is 0 Å². The molecule has 1 rings (SSSR count). The van der Waals surface area contributed by atoms with Crippen molar-refractivity contribution in [1.29, 1.82) is 0 Å². The normalized spacial score (nSPS) is 19.6. The zero-order valence-electron chi connectivity index (χ0n) is 11.1. The summed E-state index contributed by atoms with van der Waals surface area (Å²) in [7, 11) is 2.23.